The van der Waals surface area contributed by atoms with Gasteiger partial charge in [-0.1, -0.05) is 6.07 Å². The number of rotatable bonds is 5. The molecule has 0 radical (unpaired) electrons. The highest BCUT2D eigenvalue weighted by atomic mass is 32.2. The standard InChI is InChI=1S/C16H17F3N4O4S/c1-15(8-27-9-15)22-28(25,26)10-6-11(23(2)7-10)14(24)21-13-5-3-4-12(20-13)16(17,18)19/h3-7,22H,8-9H2,1-2H3,(H,20,21,24). The first-order chi connectivity index (χ1) is 12.9. The highest BCUT2D eigenvalue weighted by Gasteiger charge is 2.38. The van der Waals surface area contributed by atoms with Gasteiger partial charge in [-0.3, -0.25) is 4.79 Å². The number of sulfonamides is 1. The van der Waals surface area contributed by atoms with Gasteiger partial charge in [0.05, 0.1) is 18.8 Å². The lowest BCUT2D eigenvalue weighted by Gasteiger charge is -2.38. The third-order valence-corrected chi connectivity index (χ3v) is 5.63. The Hall–Kier alpha value is -2.44. The first-order valence-electron chi connectivity index (χ1n) is 8.03. The summed E-state index contributed by atoms with van der Waals surface area (Å²) >= 11 is 0. The number of pyridine rings is 1. The molecule has 0 saturated carbocycles. The number of amides is 1. The molecule has 3 heterocycles. The SMILES string of the molecule is Cn1cc(S(=O)(=O)NC2(C)COC2)cc1C(=O)Nc1cccc(C(F)(F)F)n1. The Labute approximate surface area is 158 Å². The average molecular weight is 418 g/mol. The van der Waals surface area contributed by atoms with Crippen LogP contribution in [0.2, 0.25) is 0 Å². The Morgan fingerprint density at radius 3 is 2.57 bits per heavy atom. The molecule has 1 aliphatic rings. The second-order valence-corrected chi connectivity index (χ2v) is 8.37. The zero-order valence-electron chi connectivity index (χ0n) is 14.9. The Morgan fingerprint density at radius 2 is 2.00 bits per heavy atom. The van der Waals surface area contributed by atoms with Crippen LogP contribution in [0.25, 0.3) is 0 Å². The minimum absolute atomic E-state index is 0.0606. The summed E-state index contributed by atoms with van der Waals surface area (Å²) in [5, 5.41) is 2.24. The van der Waals surface area contributed by atoms with E-state index in [0.29, 0.717) is 0 Å². The molecule has 0 spiro atoms. The topological polar surface area (TPSA) is 102 Å². The van der Waals surface area contributed by atoms with E-state index in [-0.39, 0.29) is 29.6 Å². The zero-order chi connectivity index (χ0) is 20.7. The van der Waals surface area contributed by atoms with Crippen LogP contribution in [0, 0.1) is 0 Å². The van der Waals surface area contributed by atoms with Crippen molar-refractivity contribution in [2.24, 2.45) is 7.05 Å². The maximum absolute atomic E-state index is 12.7. The fourth-order valence-electron chi connectivity index (χ4n) is 2.60. The van der Waals surface area contributed by atoms with Crippen LogP contribution in [0.5, 0.6) is 0 Å². The number of carbonyl (C=O) groups excluding carboxylic acids is 1. The van der Waals surface area contributed by atoms with Crippen LogP contribution in [0.1, 0.15) is 23.1 Å². The van der Waals surface area contributed by atoms with Gasteiger partial charge in [-0.2, -0.15) is 13.2 Å². The minimum Gasteiger partial charge on any atom is -0.377 e. The number of hydrogen-bond acceptors (Lipinski definition) is 5. The fourth-order valence-corrected chi connectivity index (χ4v) is 4.05. The van der Waals surface area contributed by atoms with E-state index < -0.39 is 33.3 Å². The normalized spacial score (nSPS) is 16.5. The lowest BCUT2D eigenvalue weighted by Crippen LogP contribution is -2.59. The van der Waals surface area contributed by atoms with Crippen LogP contribution in [0.4, 0.5) is 19.0 Å². The Kier molecular flexibility index (Phi) is 4.98. The summed E-state index contributed by atoms with van der Waals surface area (Å²) in [6.07, 6.45) is -3.42. The van der Waals surface area contributed by atoms with E-state index in [1.807, 2.05) is 0 Å². The first kappa shape index (κ1) is 20.3. The second-order valence-electron chi connectivity index (χ2n) is 6.69. The number of nitrogens with one attached hydrogen (secondary N) is 2. The number of halogens is 3. The van der Waals surface area contributed by atoms with Gasteiger partial charge < -0.3 is 14.6 Å². The third-order valence-electron chi connectivity index (χ3n) is 4.03. The number of nitrogens with zero attached hydrogens (tertiary/aromatic N) is 2. The van der Waals surface area contributed by atoms with Gasteiger partial charge in [0.1, 0.15) is 22.1 Å². The largest absolute Gasteiger partial charge is 0.433 e. The molecule has 1 amide bonds. The molecule has 28 heavy (non-hydrogen) atoms. The number of hydrogen-bond donors (Lipinski definition) is 2. The predicted molar refractivity (Wildman–Crippen MR) is 92.2 cm³/mol. The third kappa shape index (κ3) is 4.18. The van der Waals surface area contributed by atoms with Crippen molar-refractivity contribution in [2.45, 2.75) is 23.5 Å². The molecular formula is C16H17F3N4O4S. The van der Waals surface area contributed by atoms with Gasteiger partial charge >= 0.3 is 6.18 Å². The molecule has 2 aromatic rings. The van der Waals surface area contributed by atoms with E-state index in [1.54, 1.807) is 6.92 Å². The summed E-state index contributed by atoms with van der Waals surface area (Å²) in [7, 11) is -2.46. The van der Waals surface area contributed by atoms with Crippen LogP contribution < -0.4 is 10.0 Å². The van der Waals surface area contributed by atoms with E-state index in [0.717, 1.165) is 18.2 Å². The lowest BCUT2D eigenvalue weighted by molar-refractivity contribution is -0.141. The van der Waals surface area contributed by atoms with Gasteiger partial charge in [0.25, 0.3) is 5.91 Å². The minimum atomic E-state index is -4.65. The van der Waals surface area contributed by atoms with Gasteiger partial charge in [0.2, 0.25) is 10.0 Å². The van der Waals surface area contributed by atoms with Crippen LogP contribution in [0.15, 0.2) is 35.4 Å². The quantitative estimate of drug-likeness (QED) is 0.771. The number of anilines is 1. The summed E-state index contributed by atoms with van der Waals surface area (Å²) in [4.78, 5) is 15.6. The lowest BCUT2D eigenvalue weighted by atomic mass is 10.0. The first-order valence-corrected chi connectivity index (χ1v) is 9.52. The summed E-state index contributed by atoms with van der Waals surface area (Å²) in [6.45, 7) is 2.14. The van der Waals surface area contributed by atoms with Crippen molar-refractivity contribution in [3.8, 4) is 0 Å². The van der Waals surface area contributed by atoms with Gasteiger partial charge in [-0.05, 0) is 25.1 Å². The number of aromatic nitrogens is 2. The number of ether oxygens (including phenoxy) is 1. The van der Waals surface area contributed by atoms with Gasteiger partial charge in [0, 0.05) is 13.2 Å². The second kappa shape index (κ2) is 6.87. The number of carbonyl (C=O) groups is 1. The summed E-state index contributed by atoms with van der Waals surface area (Å²) in [5.74, 6) is -1.10. The molecule has 152 valence electrons. The highest BCUT2D eigenvalue weighted by Crippen LogP contribution is 2.28. The zero-order valence-corrected chi connectivity index (χ0v) is 15.7. The monoisotopic (exact) mass is 418 g/mol. The fraction of sp³-hybridized carbons (Fsp3) is 0.375. The number of aryl methyl sites for hydroxylation is 1. The summed E-state index contributed by atoms with van der Waals surface area (Å²) in [6, 6.07) is 4.22. The molecule has 1 saturated heterocycles. The van der Waals surface area contributed by atoms with Crippen molar-refractivity contribution in [3.05, 3.63) is 41.9 Å². The molecule has 3 rings (SSSR count). The summed E-state index contributed by atoms with van der Waals surface area (Å²) < 4.78 is 72.0. The van der Waals surface area contributed by atoms with E-state index in [1.165, 1.54) is 23.9 Å². The number of alkyl halides is 3. The van der Waals surface area contributed by atoms with Crippen molar-refractivity contribution in [1.82, 2.24) is 14.3 Å². The molecule has 12 heteroatoms. The molecular weight excluding hydrogens is 401 g/mol. The van der Waals surface area contributed by atoms with Crippen LogP contribution in [-0.2, 0) is 28.0 Å². The molecule has 0 unspecified atom stereocenters. The molecule has 0 aliphatic carbocycles. The molecule has 2 aromatic heterocycles. The van der Waals surface area contributed by atoms with Crippen LogP contribution in [0.3, 0.4) is 0 Å². The molecule has 2 N–H and O–H groups in total. The van der Waals surface area contributed by atoms with Crippen molar-refractivity contribution in [3.63, 3.8) is 0 Å². The van der Waals surface area contributed by atoms with E-state index in [4.69, 9.17) is 4.74 Å². The maximum Gasteiger partial charge on any atom is 0.433 e. The van der Waals surface area contributed by atoms with Crippen molar-refractivity contribution >= 4 is 21.7 Å². The van der Waals surface area contributed by atoms with Gasteiger partial charge in [0.15, 0.2) is 0 Å². The van der Waals surface area contributed by atoms with E-state index in [2.05, 4.69) is 15.0 Å². The molecule has 1 fully saturated rings. The highest BCUT2D eigenvalue weighted by molar-refractivity contribution is 7.89. The van der Waals surface area contributed by atoms with Crippen molar-refractivity contribution < 1.29 is 31.1 Å². The Balaban J connectivity index is 1.80. The smallest absolute Gasteiger partial charge is 0.377 e. The van der Waals surface area contributed by atoms with Gasteiger partial charge in [-0.25, -0.2) is 18.1 Å². The van der Waals surface area contributed by atoms with Crippen LogP contribution in [-0.4, -0.2) is 42.6 Å². The maximum atomic E-state index is 12.7. The summed E-state index contributed by atoms with van der Waals surface area (Å²) in [5.41, 5.74) is -1.94. The Bertz CT molecular complexity index is 1010. The molecule has 1 aliphatic heterocycles. The molecule has 0 atom stereocenters. The van der Waals surface area contributed by atoms with Crippen LogP contribution >= 0.6 is 0 Å². The average Bonchev–Trinajstić information content (AvgIpc) is 2.95. The Morgan fingerprint density at radius 1 is 1.32 bits per heavy atom. The molecule has 0 aromatic carbocycles. The van der Waals surface area contributed by atoms with Crippen molar-refractivity contribution in [1.29, 1.82) is 0 Å². The predicted octanol–water partition coefficient (Wildman–Crippen LogP) is 1.76. The molecule has 0 bridgehead atoms. The van der Waals surface area contributed by atoms with Gasteiger partial charge in [-0.15, -0.1) is 0 Å². The van der Waals surface area contributed by atoms with E-state index >= 15 is 0 Å². The van der Waals surface area contributed by atoms with E-state index in [9.17, 15) is 26.4 Å². The van der Waals surface area contributed by atoms with Crippen molar-refractivity contribution in [2.75, 3.05) is 18.5 Å². The molecule has 8 nitrogen and oxygen atoms in total.